The molecule has 2 aromatic rings. The summed E-state index contributed by atoms with van der Waals surface area (Å²) < 4.78 is 17.3. The predicted molar refractivity (Wildman–Crippen MR) is 90.0 cm³/mol. The number of aromatic nitrogens is 1. The fourth-order valence-electron chi connectivity index (χ4n) is 2.64. The Bertz CT molecular complexity index is 734. The summed E-state index contributed by atoms with van der Waals surface area (Å²) in [5.41, 5.74) is 1.51. The summed E-state index contributed by atoms with van der Waals surface area (Å²) in [5, 5.41) is 0.815. The number of H-pyrrole nitrogens is 1. The molecule has 122 valence electrons. The fourth-order valence-corrected chi connectivity index (χ4v) is 2.64. The van der Waals surface area contributed by atoms with Crippen molar-refractivity contribution in [3.8, 4) is 0 Å². The smallest absolute Gasteiger partial charge is 0.462 e. The van der Waals surface area contributed by atoms with E-state index in [1.54, 1.807) is 13.1 Å². The van der Waals surface area contributed by atoms with Crippen molar-refractivity contribution in [1.29, 1.82) is 0 Å². The molecule has 3 rings (SSSR count). The number of ether oxygens (including phenoxy) is 1. The van der Waals surface area contributed by atoms with Gasteiger partial charge in [0.25, 0.3) is 0 Å². The van der Waals surface area contributed by atoms with Crippen LogP contribution < -0.4 is 5.46 Å². The molecule has 5 nitrogen and oxygen atoms in total. The largest absolute Gasteiger partial charge is 0.494 e. The van der Waals surface area contributed by atoms with Gasteiger partial charge in [0.1, 0.15) is 0 Å². The number of aromatic amines is 1. The predicted octanol–water partition coefficient (Wildman–Crippen LogP) is 2.64. The van der Waals surface area contributed by atoms with Gasteiger partial charge in [-0.15, -0.1) is 0 Å². The first kappa shape index (κ1) is 16.1. The minimum absolute atomic E-state index is 0.329. The highest BCUT2D eigenvalue weighted by molar-refractivity contribution is 6.62. The molecular formula is C17H22BNO4. The van der Waals surface area contributed by atoms with Crippen LogP contribution in [0.15, 0.2) is 24.4 Å². The molecule has 1 aromatic heterocycles. The molecule has 23 heavy (non-hydrogen) atoms. The van der Waals surface area contributed by atoms with Gasteiger partial charge in [0.05, 0.1) is 23.4 Å². The van der Waals surface area contributed by atoms with E-state index in [0.29, 0.717) is 12.2 Å². The topological polar surface area (TPSA) is 60.6 Å². The average molecular weight is 315 g/mol. The monoisotopic (exact) mass is 315 g/mol. The molecule has 1 fully saturated rings. The summed E-state index contributed by atoms with van der Waals surface area (Å²) in [6.07, 6.45) is 1.68. The van der Waals surface area contributed by atoms with Crippen molar-refractivity contribution < 1.29 is 18.8 Å². The number of benzene rings is 1. The number of hydrogen-bond donors (Lipinski definition) is 1. The van der Waals surface area contributed by atoms with Gasteiger partial charge in [0.2, 0.25) is 0 Å². The van der Waals surface area contributed by atoms with E-state index in [1.165, 1.54) is 0 Å². The maximum Gasteiger partial charge on any atom is 0.494 e. The highest BCUT2D eigenvalue weighted by Crippen LogP contribution is 2.36. The first-order valence-electron chi connectivity index (χ1n) is 7.89. The third kappa shape index (κ3) is 2.66. The maximum absolute atomic E-state index is 12.1. The molecule has 0 radical (unpaired) electrons. The van der Waals surface area contributed by atoms with Crippen molar-refractivity contribution in [2.45, 2.75) is 45.8 Å². The van der Waals surface area contributed by atoms with Gasteiger partial charge in [-0.05, 0) is 46.1 Å². The molecule has 1 saturated heterocycles. The molecule has 6 heteroatoms. The first-order chi connectivity index (χ1) is 10.7. The van der Waals surface area contributed by atoms with Gasteiger partial charge >= 0.3 is 13.1 Å². The minimum atomic E-state index is -0.450. The fraction of sp³-hybridized carbons (Fsp3) is 0.471. The van der Waals surface area contributed by atoms with E-state index < -0.39 is 18.3 Å². The van der Waals surface area contributed by atoms with E-state index in [0.717, 1.165) is 16.4 Å². The van der Waals surface area contributed by atoms with Crippen LogP contribution in [-0.4, -0.2) is 35.9 Å². The molecule has 0 aliphatic carbocycles. The number of nitrogens with one attached hydrogen (secondary N) is 1. The molecule has 1 N–H and O–H groups in total. The molecule has 0 bridgehead atoms. The van der Waals surface area contributed by atoms with Crippen LogP contribution in [-0.2, 0) is 14.0 Å². The van der Waals surface area contributed by atoms with Gasteiger partial charge in [-0.25, -0.2) is 4.79 Å². The Morgan fingerprint density at radius 2 is 1.87 bits per heavy atom. The van der Waals surface area contributed by atoms with Crippen molar-refractivity contribution in [3.05, 3.63) is 30.0 Å². The van der Waals surface area contributed by atoms with Crippen LogP contribution >= 0.6 is 0 Å². The highest BCUT2D eigenvalue weighted by atomic mass is 16.7. The zero-order valence-electron chi connectivity index (χ0n) is 14.2. The first-order valence-corrected chi connectivity index (χ1v) is 7.89. The lowest BCUT2D eigenvalue weighted by Crippen LogP contribution is -2.41. The lowest BCUT2D eigenvalue weighted by atomic mass is 9.78. The second kappa shape index (κ2) is 5.39. The van der Waals surface area contributed by atoms with Crippen LogP contribution in [0.3, 0.4) is 0 Å². The number of fused-ring (bicyclic) bond motifs is 1. The second-order valence-electron chi connectivity index (χ2n) is 6.82. The molecule has 0 amide bonds. The third-order valence-electron chi connectivity index (χ3n) is 4.73. The summed E-state index contributed by atoms with van der Waals surface area (Å²) in [5.74, 6) is -0.329. The van der Waals surface area contributed by atoms with Gasteiger partial charge in [0.15, 0.2) is 0 Å². The Balaban J connectivity index is 1.97. The van der Waals surface area contributed by atoms with Gasteiger partial charge in [-0.3, -0.25) is 0 Å². The Morgan fingerprint density at radius 3 is 2.48 bits per heavy atom. The van der Waals surface area contributed by atoms with E-state index >= 15 is 0 Å². The SMILES string of the molecule is CCOC(=O)c1c[nH]c2ccc(B3OC(C)(C)C(C)(C)O3)cc12. The molecule has 2 heterocycles. The molecule has 1 aliphatic rings. The summed E-state index contributed by atoms with van der Waals surface area (Å²) in [6.45, 7) is 10.2. The zero-order valence-corrected chi connectivity index (χ0v) is 14.2. The molecular weight excluding hydrogens is 293 g/mol. The summed E-state index contributed by atoms with van der Waals surface area (Å²) >= 11 is 0. The van der Waals surface area contributed by atoms with Crippen molar-refractivity contribution in [3.63, 3.8) is 0 Å². The highest BCUT2D eigenvalue weighted by Gasteiger charge is 2.51. The summed E-state index contributed by atoms with van der Waals surface area (Å²) in [4.78, 5) is 15.1. The zero-order chi connectivity index (χ0) is 16.8. The van der Waals surface area contributed by atoms with E-state index in [4.69, 9.17) is 14.0 Å². The van der Waals surface area contributed by atoms with Crippen LogP contribution in [0.25, 0.3) is 10.9 Å². The lowest BCUT2D eigenvalue weighted by molar-refractivity contribution is 0.00578. The van der Waals surface area contributed by atoms with Gasteiger partial charge in [-0.2, -0.15) is 0 Å². The normalized spacial score (nSPS) is 19.3. The van der Waals surface area contributed by atoms with Crippen molar-refractivity contribution in [2.24, 2.45) is 0 Å². The third-order valence-corrected chi connectivity index (χ3v) is 4.73. The Morgan fingerprint density at radius 1 is 1.22 bits per heavy atom. The van der Waals surface area contributed by atoms with Crippen LogP contribution in [0, 0.1) is 0 Å². The number of rotatable bonds is 3. The number of carbonyl (C=O) groups is 1. The van der Waals surface area contributed by atoms with Gasteiger partial charge in [-0.1, -0.05) is 12.1 Å². The maximum atomic E-state index is 12.1. The minimum Gasteiger partial charge on any atom is -0.462 e. The Hall–Kier alpha value is -1.79. The Kier molecular flexibility index (Phi) is 3.77. The molecule has 1 aliphatic heterocycles. The molecule has 0 saturated carbocycles. The van der Waals surface area contributed by atoms with Crippen LogP contribution in [0.1, 0.15) is 45.0 Å². The van der Waals surface area contributed by atoms with Gasteiger partial charge < -0.3 is 19.0 Å². The van der Waals surface area contributed by atoms with Crippen LogP contribution in [0.4, 0.5) is 0 Å². The number of esters is 1. The summed E-state index contributed by atoms with van der Waals surface area (Å²) in [6, 6.07) is 5.81. The number of hydrogen-bond acceptors (Lipinski definition) is 4. The molecule has 0 unspecified atom stereocenters. The van der Waals surface area contributed by atoms with E-state index in [1.807, 2.05) is 45.9 Å². The van der Waals surface area contributed by atoms with E-state index in [2.05, 4.69) is 4.98 Å². The molecule has 0 spiro atoms. The lowest BCUT2D eigenvalue weighted by Gasteiger charge is -2.32. The summed E-state index contributed by atoms with van der Waals surface area (Å²) in [7, 11) is -0.450. The average Bonchev–Trinajstić information content (AvgIpc) is 2.97. The number of carbonyl (C=O) groups excluding carboxylic acids is 1. The van der Waals surface area contributed by atoms with E-state index in [-0.39, 0.29) is 5.97 Å². The van der Waals surface area contributed by atoms with Crippen molar-refractivity contribution in [1.82, 2.24) is 4.98 Å². The van der Waals surface area contributed by atoms with Crippen molar-refractivity contribution in [2.75, 3.05) is 6.61 Å². The Labute approximate surface area is 136 Å². The van der Waals surface area contributed by atoms with Crippen LogP contribution in [0.2, 0.25) is 0 Å². The molecule has 0 atom stereocenters. The van der Waals surface area contributed by atoms with E-state index in [9.17, 15) is 4.79 Å². The molecule has 1 aromatic carbocycles. The standard InChI is InChI=1S/C17H22BNO4/c1-6-21-15(20)13-10-19-14-8-7-11(9-12(13)14)18-22-16(2,3)17(4,5)23-18/h7-10,19H,6H2,1-5H3. The van der Waals surface area contributed by atoms with Gasteiger partial charge in [0, 0.05) is 17.1 Å². The quantitative estimate of drug-likeness (QED) is 0.699. The second-order valence-corrected chi connectivity index (χ2v) is 6.82. The van der Waals surface area contributed by atoms with Crippen LogP contribution in [0.5, 0.6) is 0 Å². The van der Waals surface area contributed by atoms with Crippen molar-refractivity contribution >= 4 is 29.5 Å².